The van der Waals surface area contributed by atoms with Gasteiger partial charge in [-0.2, -0.15) is 0 Å². The highest BCUT2D eigenvalue weighted by Gasteiger charge is 2.40. The lowest BCUT2D eigenvalue weighted by Gasteiger charge is -2.30. The molecule has 0 aliphatic heterocycles. The highest BCUT2D eigenvalue weighted by Crippen LogP contribution is 2.43. The number of hydrogen-bond acceptors (Lipinski definition) is 5. The Morgan fingerprint density at radius 2 is 1.83 bits per heavy atom. The summed E-state index contributed by atoms with van der Waals surface area (Å²) in [6, 6.07) is 11.2. The second kappa shape index (κ2) is 8.90. The van der Waals surface area contributed by atoms with Gasteiger partial charge in [0.25, 0.3) is 0 Å². The number of methoxy groups -OCH3 is 2. The number of carbonyl (C=O) groups excluding carboxylic acids is 2. The minimum Gasteiger partial charge on any atom is -0.497 e. The first-order valence-corrected chi connectivity index (χ1v) is 9.37. The van der Waals surface area contributed by atoms with Crippen LogP contribution in [-0.2, 0) is 14.3 Å². The molecule has 6 heteroatoms. The molecular weight excluding hydrogens is 375 g/mol. The quantitative estimate of drug-likeness (QED) is 0.540. The van der Waals surface area contributed by atoms with Gasteiger partial charge in [-0.25, -0.2) is 4.39 Å². The van der Waals surface area contributed by atoms with E-state index in [9.17, 15) is 14.0 Å². The van der Waals surface area contributed by atoms with Crippen molar-refractivity contribution in [3.8, 4) is 11.5 Å². The maximum absolute atomic E-state index is 13.4. The lowest BCUT2D eigenvalue weighted by molar-refractivity contribution is -0.151. The zero-order valence-corrected chi connectivity index (χ0v) is 16.6. The van der Waals surface area contributed by atoms with Crippen molar-refractivity contribution in [2.24, 2.45) is 5.92 Å². The average molecular weight is 398 g/mol. The smallest absolute Gasteiger partial charge is 0.317 e. The van der Waals surface area contributed by atoms with Crippen molar-refractivity contribution < 1.29 is 28.2 Å². The summed E-state index contributed by atoms with van der Waals surface area (Å²) in [5.74, 6) is -1.52. The maximum Gasteiger partial charge on any atom is 0.317 e. The van der Waals surface area contributed by atoms with E-state index in [0.717, 1.165) is 11.1 Å². The van der Waals surface area contributed by atoms with Gasteiger partial charge in [0.2, 0.25) is 0 Å². The van der Waals surface area contributed by atoms with Gasteiger partial charge in [-0.15, -0.1) is 0 Å². The molecule has 0 spiro atoms. The normalized spacial score (nSPS) is 18.8. The van der Waals surface area contributed by atoms with Crippen LogP contribution in [-0.4, -0.2) is 32.6 Å². The molecule has 2 aromatic carbocycles. The van der Waals surface area contributed by atoms with Crippen LogP contribution in [0, 0.1) is 11.7 Å². The van der Waals surface area contributed by atoms with Gasteiger partial charge in [0.15, 0.2) is 5.78 Å². The maximum atomic E-state index is 13.4. The van der Waals surface area contributed by atoms with Crippen molar-refractivity contribution in [2.45, 2.75) is 19.3 Å². The topological polar surface area (TPSA) is 61.8 Å². The molecule has 0 radical (unpaired) electrons. The number of carbonyl (C=O) groups is 2. The van der Waals surface area contributed by atoms with E-state index in [4.69, 9.17) is 14.2 Å². The van der Waals surface area contributed by atoms with Crippen LogP contribution in [0.4, 0.5) is 4.39 Å². The van der Waals surface area contributed by atoms with Crippen LogP contribution >= 0.6 is 0 Å². The van der Waals surface area contributed by atoms with Crippen LogP contribution in [0.3, 0.4) is 0 Å². The SMILES string of the molecule is CCOC(=O)[C@H]1C(=O)C=C(c2cc(OC)ccc2OC)C[C@@H]1c1ccc(F)cc1. The van der Waals surface area contributed by atoms with Crippen LogP contribution in [0.25, 0.3) is 5.57 Å². The Morgan fingerprint density at radius 3 is 2.45 bits per heavy atom. The molecule has 2 aromatic rings. The number of esters is 1. The Balaban J connectivity index is 2.08. The van der Waals surface area contributed by atoms with E-state index in [1.807, 2.05) is 0 Å². The molecule has 0 aromatic heterocycles. The van der Waals surface area contributed by atoms with E-state index in [1.165, 1.54) is 18.2 Å². The second-order valence-corrected chi connectivity index (χ2v) is 6.73. The van der Waals surface area contributed by atoms with E-state index in [0.29, 0.717) is 23.5 Å². The molecule has 2 atom stereocenters. The number of allylic oxidation sites excluding steroid dienone is 2. The summed E-state index contributed by atoms with van der Waals surface area (Å²) in [5, 5.41) is 0. The molecule has 0 unspecified atom stereocenters. The molecule has 0 bridgehead atoms. The van der Waals surface area contributed by atoms with Crippen molar-refractivity contribution in [1.82, 2.24) is 0 Å². The van der Waals surface area contributed by atoms with Gasteiger partial charge < -0.3 is 14.2 Å². The number of benzene rings is 2. The summed E-state index contributed by atoms with van der Waals surface area (Å²) in [7, 11) is 3.11. The molecular formula is C23H23FO5. The van der Waals surface area contributed by atoms with Crippen molar-refractivity contribution >= 4 is 17.3 Å². The van der Waals surface area contributed by atoms with Gasteiger partial charge in [0.05, 0.1) is 20.8 Å². The van der Waals surface area contributed by atoms with Crippen LogP contribution in [0.5, 0.6) is 11.5 Å². The van der Waals surface area contributed by atoms with Gasteiger partial charge in [-0.05, 0) is 60.9 Å². The first kappa shape index (κ1) is 20.6. The Kier molecular flexibility index (Phi) is 6.32. The zero-order valence-electron chi connectivity index (χ0n) is 16.6. The first-order chi connectivity index (χ1) is 14.0. The molecule has 1 aliphatic carbocycles. The highest BCUT2D eigenvalue weighted by atomic mass is 19.1. The molecule has 0 saturated carbocycles. The summed E-state index contributed by atoms with van der Waals surface area (Å²) in [5.41, 5.74) is 2.14. The molecule has 0 fully saturated rings. The summed E-state index contributed by atoms with van der Waals surface area (Å²) < 4.78 is 29.3. The minimum atomic E-state index is -0.972. The molecule has 0 amide bonds. The van der Waals surface area contributed by atoms with Crippen LogP contribution in [0.2, 0.25) is 0 Å². The van der Waals surface area contributed by atoms with Gasteiger partial charge in [0, 0.05) is 11.5 Å². The Bertz CT molecular complexity index is 933. The fraction of sp³-hybridized carbons (Fsp3) is 0.304. The average Bonchev–Trinajstić information content (AvgIpc) is 2.73. The third-order valence-electron chi connectivity index (χ3n) is 5.06. The van der Waals surface area contributed by atoms with E-state index < -0.39 is 17.8 Å². The summed E-state index contributed by atoms with van der Waals surface area (Å²) >= 11 is 0. The largest absolute Gasteiger partial charge is 0.497 e. The first-order valence-electron chi connectivity index (χ1n) is 9.37. The number of ether oxygens (including phenoxy) is 3. The standard InChI is InChI=1S/C23H23FO5/c1-4-29-23(26)22-19(14-5-7-16(24)8-6-14)11-15(12-20(22)25)18-13-17(27-2)9-10-21(18)28-3/h5-10,12-13,19,22H,4,11H2,1-3H3/t19-,22-/m1/s1. The van der Waals surface area contributed by atoms with Crippen LogP contribution in [0.1, 0.15) is 30.4 Å². The van der Waals surface area contributed by atoms with Gasteiger partial charge in [-0.1, -0.05) is 12.1 Å². The molecule has 5 nitrogen and oxygen atoms in total. The minimum absolute atomic E-state index is 0.180. The lowest BCUT2D eigenvalue weighted by Crippen LogP contribution is -2.34. The molecule has 152 valence electrons. The molecule has 3 rings (SSSR count). The van der Waals surface area contributed by atoms with Crippen molar-refractivity contribution in [2.75, 3.05) is 20.8 Å². The highest BCUT2D eigenvalue weighted by molar-refractivity contribution is 6.11. The lowest BCUT2D eigenvalue weighted by atomic mass is 9.73. The fourth-order valence-corrected chi connectivity index (χ4v) is 3.66. The molecule has 0 saturated heterocycles. The van der Waals surface area contributed by atoms with Crippen molar-refractivity contribution in [3.05, 3.63) is 65.5 Å². The number of halogens is 1. The zero-order chi connectivity index (χ0) is 21.0. The number of ketones is 1. The summed E-state index contributed by atoms with van der Waals surface area (Å²) in [6.45, 7) is 1.87. The molecule has 1 aliphatic rings. The van der Waals surface area contributed by atoms with Gasteiger partial charge >= 0.3 is 5.97 Å². The summed E-state index contributed by atoms with van der Waals surface area (Å²) in [4.78, 5) is 25.5. The molecule has 0 N–H and O–H groups in total. The molecule has 0 heterocycles. The van der Waals surface area contributed by atoms with E-state index in [2.05, 4.69) is 0 Å². The van der Waals surface area contributed by atoms with Crippen LogP contribution in [0.15, 0.2) is 48.5 Å². The fourth-order valence-electron chi connectivity index (χ4n) is 3.66. The predicted molar refractivity (Wildman–Crippen MR) is 106 cm³/mol. The Labute approximate surface area is 169 Å². The van der Waals surface area contributed by atoms with Crippen molar-refractivity contribution in [1.29, 1.82) is 0 Å². The summed E-state index contributed by atoms with van der Waals surface area (Å²) in [6.07, 6.45) is 1.86. The van der Waals surface area contributed by atoms with E-state index >= 15 is 0 Å². The Hall–Kier alpha value is -3.15. The third-order valence-corrected chi connectivity index (χ3v) is 5.06. The van der Waals surface area contributed by atoms with Crippen LogP contribution < -0.4 is 9.47 Å². The Morgan fingerprint density at radius 1 is 1.10 bits per heavy atom. The second-order valence-electron chi connectivity index (χ2n) is 6.73. The monoisotopic (exact) mass is 398 g/mol. The van der Waals surface area contributed by atoms with Gasteiger partial charge in [-0.3, -0.25) is 9.59 Å². The molecule has 29 heavy (non-hydrogen) atoms. The van der Waals surface area contributed by atoms with Gasteiger partial charge in [0.1, 0.15) is 23.2 Å². The number of hydrogen-bond donors (Lipinski definition) is 0. The third kappa shape index (κ3) is 4.31. The van der Waals surface area contributed by atoms with E-state index in [1.54, 1.807) is 51.5 Å². The van der Waals surface area contributed by atoms with E-state index in [-0.39, 0.29) is 18.2 Å². The predicted octanol–water partition coefficient (Wildman–Crippen LogP) is 4.16. The van der Waals surface area contributed by atoms with Crippen molar-refractivity contribution in [3.63, 3.8) is 0 Å². The number of rotatable bonds is 6.